The fourth-order valence-corrected chi connectivity index (χ4v) is 1.92. The van der Waals surface area contributed by atoms with Gasteiger partial charge in [-0.3, -0.25) is 10.1 Å². The fourth-order valence-electron chi connectivity index (χ4n) is 1.92. The summed E-state index contributed by atoms with van der Waals surface area (Å²) in [6.45, 7) is 10.4. The van der Waals surface area contributed by atoms with E-state index in [0.717, 1.165) is 13.0 Å². The van der Waals surface area contributed by atoms with Crippen LogP contribution in [0.5, 0.6) is 0 Å². The van der Waals surface area contributed by atoms with Crippen molar-refractivity contribution in [3.8, 4) is 0 Å². The monoisotopic (exact) mass is 228 g/mol. The third kappa shape index (κ3) is 3.46. The maximum Gasteiger partial charge on any atom is 0.241 e. The number of ether oxygens (including phenoxy) is 1. The van der Waals surface area contributed by atoms with Crippen molar-refractivity contribution >= 4 is 5.91 Å². The van der Waals surface area contributed by atoms with Crippen LogP contribution in [0.4, 0.5) is 0 Å². The Kier molecular flexibility index (Phi) is 5.22. The molecule has 0 saturated carbocycles. The zero-order chi connectivity index (χ0) is 12.1. The number of hydrogen-bond donors (Lipinski definition) is 1. The second-order valence-electron chi connectivity index (χ2n) is 4.80. The second kappa shape index (κ2) is 6.21. The summed E-state index contributed by atoms with van der Waals surface area (Å²) >= 11 is 0. The van der Waals surface area contributed by atoms with Crippen molar-refractivity contribution < 1.29 is 9.53 Å². The van der Waals surface area contributed by atoms with Crippen LogP contribution in [0.1, 0.15) is 34.1 Å². The third-order valence-electron chi connectivity index (χ3n) is 2.83. The van der Waals surface area contributed by atoms with Gasteiger partial charge in [0.15, 0.2) is 0 Å². The van der Waals surface area contributed by atoms with Crippen LogP contribution in [0.25, 0.3) is 0 Å². The van der Waals surface area contributed by atoms with E-state index in [4.69, 9.17) is 4.74 Å². The molecule has 2 atom stereocenters. The lowest BCUT2D eigenvalue weighted by Gasteiger charge is -2.20. The molecule has 1 amide bonds. The molecule has 1 saturated heterocycles. The van der Waals surface area contributed by atoms with Gasteiger partial charge in [0.2, 0.25) is 5.91 Å². The Hall–Kier alpha value is -0.610. The van der Waals surface area contributed by atoms with E-state index < -0.39 is 0 Å². The first-order valence-electron chi connectivity index (χ1n) is 6.20. The van der Waals surface area contributed by atoms with Crippen LogP contribution in [0.3, 0.4) is 0 Å². The first-order valence-corrected chi connectivity index (χ1v) is 6.20. The van der Waals surface area contributed by atoms with E-state index >= 15 is 0 Å². The Balaban J connectivity index is 2.28. The minimum atomic E-state index is 0.0000914. The quantitative estimate of drug-likeness (QED) is 0.695. The molecule has 0 bridgehead atoms. The number of nitrogens with zero attached hydrogens (tertiary/aromatic N) is 1. The van der Waals surface area contributed by atoms with Crippen molar-refractivity contribution in [1.29, 1.82) is 0 Å². The molecule has 0 aromatic heterocycles. The van der Waals surface area contributed by atoms with Crippen LogP contribution < -0.4 is 5.32 Å². The lowest BCUT2D eigenvalue weighted by molar-refractivity contribution is -0.130. The Labute approximate surface area is 98.3 Å². The average Bonchev–Trinajstić information content (AvgIpc) is 2.50. The van der Waals surface area contributed by atoms with Crippen LogP contribution in [-0.4, -0.2) is 42.8 Å². The molecule has 0 aromatic rings. The molecule has 0 aromatic carbocycles. The van der Waals surface area contributed by atoms with Gasteiger partial charge in [-0.15, -0.1) is 0 Å². The molecule has 1 heterocycles. The summed E-state index contributed by atoms with van der Waals surface area (Å²) in [7, 11) is 0. The van der Waals surface area contributed by atoms with Crippen molar-refractivity contribution in [3.05, 3.63) is 0 Å². The van der Waals surface area contributed by atoms with Gasteiger partial charge in [0, 0.05) is 13.2 Å². The highest BCUT2D eigenvalue weighted by atomic mass is 16.5. The Morgan fingerprint density at radius 2 is 2.19 bits per heavy atom. The molecule has 0 radical (unpaired) electrons. The average molecular weight is 228 g/mol. The lowest BCUT2D eigenvalue weighted by atomic mass is 10.2. The van der Waals surface area contributed by atoms with E-state index in [2.05, 4.69) is 19.2 Å². The molecule has 1 fully saturated rings. The number of carbonyl (C=O) groups is 1. The number of nitrogens with one attached hydrogen (secondary N) is 1. The van der Waals surface area contributed by atoms with Crippen molar-refractivity contribution in [1.82, 2.24) is 10.2 Å². The predicted octanol–water partition coefficient (Wildman–Crippen LogP) is 1.22. The second-order valence-corrected chi connectivity index (χ2v) is 4.80. The van der Waals surface area contributed by atoms with Crippen LogP contribution in [0, 0.1) is 5.92 Å². The van der Waals surface area contributed by atoms with Crippen molar-refractivity contribution in [3.63, 3.8) is 0 Å². The lowest BCUT2D eigenvalue weighted by Crippen LogP contribution is -2.37. The van der Waals surface area contributed by atoms with Gasteiger partial charge in [0.05, 0.1) is 18.8 Å². The van der Waals surface area contributed by atoms with Gasteiger partial charge < -0.3 is 9.64 Å². The first kappa shape index (κ1) is 13.5. The maximum atomic E-state index is 11.9. The SMILES string of the molecule is CCC1NC(C)N(CCOCC(C)C)C1=O. The highest BCUT2D eigenvalue weighted by Gasteiger charge is 2.34. The summed E-state index contributed by atoms with van der Waals surface area (Å²) in [5, 5.41) is 3.27. The fraction of sp³-hybridized carbons (Fsp3) is 0.917. The number of amides is 1. The maximum absolute atomic E-state index is 11.9. The summed E-state index contributed by atoms with van der Waals surface area (Å²) in [6.07, 6.45) is 0.993. The van der Waals surface area contributed by atoms with Crippen LogP contribution in [-0.2, 0) is 9.53 Å². The molecule has 2 unspecified atom stereocenters. The van der Waals surface area contributed by atoms with Gasteiger partial charge >= 0.3 is 0 Å². The van der Waals surface area contributed by atoms with Gasteiger partial charge in [0.25, 0.3) is 0 Å². The first-order chi connectivity index (χ1) is 7.56. The Morgan fingerprint density at radius 1 is 1.50 bits per heavy atom. The van der Waals surface area contributed by atoms with Crippen LogP contribution in [0.15, 0.2) is 0 Å². The topological polar surface area (TPSA) is 41.6 Å². The number of carbonyl (C=O) groups excluding carboxylic acids is 1. The highest BCUT2D eigenvalue weighted by Crippen LogP contribution is 2.12. The summed E-state index contributed by atoms with van der Waals surface area (Å²) < 4.78 is 5.50. The van der Waals surface area contributed by atoms with Crippen molar-refractivity contribution in [2.45, 2.75) is 46.3 Å². The van der Waals surface area contributed by atoms with Crippen molar-refractivity contribution in [2.24, 2.45) is 5.92 Å². The number of rotatable bonds is 6. The van der Waals surface area contributed by atoms with E-state index in [1.807, 2.05) is 18.7 Å². The predicted molar refractivity (Wildman–Crippen MR) is 64.0 cm³/mol. The molecule has 1 aliphatic rings. The molecule has 1 N–H and O–H groups in total. The number of hydrogen-bond acceptors (Lipinski definition) is 3. The van der Waals surface area contributed by atoms with E-state index in [9.17, 15) is 4.79 Å². The third-order valence-corrected chi connectivity index (χ3v) is 2.83. The summed E-state index contributed by atoms with van der Waals surface area (Å²) in [6, 6.07) is 0.0000914. The highest BCUT2D eigenvalue weighted by molar-refractivity contribution is 5.84. The molecule has 0 aliphatic carbocycles. The molecule has 94 valence electrons. The van der Waals surface area contributed by atoms with Gasteiger partial charge in [0.1, 0.15) is 0 Å². The zero-order valence-electron chi connectivity index (χ0n) is 10.8. The Bertz CT molecular complexity index is 231. The molecule has 4 heteroatoms. The zero-order valence-corrected chi connectivity index (χ0v) is 10.8. The summed E-state index contributed by atoms with van der Waals surface area (Å²) in [5.74, 6) is 0.761. The van der Waals surface area contributed by atoms with Gasteiger partial charge in [-0.25, -0.2) is 0 Å². The largest absolute Gasteiger partial charge is 0.379 e. The minimum absolute atomic E-state index is 0.0000914. The van der Waals surface area contributed by atoms with E-state index in [1.165, 1.54) is 0 Å². The minimum Gasteiger partial charge on any atom is -0.379 e. The molecule has 16 heavy (non-hydrogen) atoms. The van der Waals surface area contributed by atoms with Crippen LogP contribution in [0.2, 0.25) is 0 Å². The molecule has 1 aliphatic heterocycles. The van der Waals surface area contributed by atoms with Crippen molar-refractivity contribution in [2.75, 3.05) is 19.8 Å². The summed E-state index contributed by atoms with van der Waals surface area (Å²) in [4.78, 5) is 13.8. The van der Waals surface area contributed by atoms with Gasteiger partial charge in [-0.05, 0) is 19.3 Å². The molecular weight excluding hydrogens is 204 g/mol. The van der Waals surface area contributed by atoms with E-state index in [0.29, 0.717) is 19.1 Å². The summed E-state index contributed by atoms with van der Waals surface area (Å²) in [5.41, 5.74) is 0. The van der Waals surface area contributed by atoms with Gasteiger partial charge in [-0.1, -0.05) is 20.8 Å². The Morgan fingerprint density at radius 3 is 2.69 bits per heavy atom. The molecule has 1 rings (SSSR count). The standard InChI is InChI=1S/C12H24N2O2/c1-5-11-12(15)14(10(4)13-11)6-7-16-8-9(2)3/h9-11,13H,5-8H2,1-4H3. The smallest absolute Gasteiger partial charge is 0.241 e. The van der Waals surface area contributed by atoms with Gasteiger partial charge in [-0.2, -0.15) is 0 Å². The van der Waals surface area contributed by atoms with Crippen LogP contribution >= 0.6 is 0 Å². The molecular formula is C12H24N2O2. The molecule has 4 nitrogen and oxygen atoms in total. The normalized spacial score (nSPS) is 25.8. The van der Waals surface area contributed by atoms with E-state index in [1.54, 1.807) is 0 Å². The van der Waals surface area contributed by atoms with E-state index in [-0.39, 0.29) is 18.1 Å². The molecule has 0 spiro atoms.